The normalized spacial score (nSPS) is 20.5. The number of Topliss-reactive ketones (excluding diaryl/α,β-unsaturated/α-hetero) is 1. The maximum Gasteiger partial charge on any atom is 0.170 e. The van der Waals surface area contributed by atoms with Gasteiger partial charge in [-0.15, -0.1) is 0 Å². The zero-order valence-corrected chi connectivity index (χ0v) is 10.6. The van der Waals surface area contributed by atoms with Crippen LogP contribution in [0.5, 0.6) is 5.75 Å². The number of fused-ring (bicyclic) bond motifs is 1. The molecule has 1 aromatic rings. The van der Waals surface area contributed by atoms with E-state index in [0.29, 0.717) is 6.54 Å². The lowest BCUT2D eigenvalue weighted by atomic mass is 9.64. The van der Waals surface area contributed by atoms with Crippen LogP contribution in [-0.2, 0) is 6.42 Å². The van der Waals surface area contributed by atoms with Crippen molar-refractivity contribution in [3.05, 3.63) is 29.3 Å². The minimum Gasteiger partial charge on any atom is -0.493 e. The van der Waals surface area contributed by atoms with Crippen molar-refractivity contribution < 1.29 is 9.53 Å². The van der Waals surface area contributed by atoms with Crippen LogP contribution in [0, 0.1) is 5.41 Å². The van der Waals surface area contributed by atoms with Crippen LogP contribution in [0.2, 0.25) is 0 Å². The second-order valence-corrected chi connectivity index (χ2v) is 5.44. The lowest BCUT2D eigenvalue weighted by Crippen LogP contribution is -2.44. The Bertz CT molecular complexity index is 472. The smallest absolute Gasteiger partial charge is 0.170 e. The molecule has 3 rings (SSSR count). The molecular weight excluding hydrogens is 226 g/mol. The van der Waals surface area contributed by atoms with E-state index in [1.165, 1.54) is 5.56 Å². The van der Waals surface area contributed by atoms with E-state index in [-0.39, 0.29) is 11.2 Å². The van der Waals surface area contributed by atoms with E-state index in [1.807, 2.05) is 18.2 Å². The van der Waals surface area contributed by atoms with Gasteiger partial charge in [-0.3, -0.25) is 4.79 Å². The fraction of sp³-hybridized carbons (Fsp3) is 0.533. The molecule has 1 heterocycles. The van der Waals surface area contributed by atoms with Gasteiger partial charge in [0, 0.05) is 17.5 Å². The molecule has 3 nitrogen and oxygen atoms in total. The van der Waals surface area contributed by atoms with Crippen LogP contribution >= 0.6 is 0 Å². The highest BCUT2D eigenvalue weighted by Gasteiger charge is 2.43. The van der Waals surface area contributed by atoms with Crippen LogP contribution in [0.4, 0.5) is 0 Å². The number of carbonyl (C=O) groups is 1. The number of benzene rings is 1. The first-order valence-corrected chi connectivity index (χ1v) is 6.76. The third kappa shape index (κ3) is 1.74. The summed E-state index contributed by atoms with van der Waals surface area (Å²) in [4.78, 5) is 12.5. The molecule has 0 aromatic heterocycles. The number of ether oxygens (including phenoxy) is 1. The average molecular weight is 245 g/mol. The Balaban J connectivity index is 1.90. The van der Waals surface area contributed by atoms with Crippen molar-refractivity contribution in [2.24, 2.45) is 11.1 Å². The van der Waals surface area contributed by atoms with Gasteiger partial charge in [-0.25, -0.2) is 0 Å². The zero-order valence-electron chi connectivity index (χ0n) is 10.6. The number of rotatable bonds is 3. The Kier molecular flexibility index (Phi) is 2.86. The van der Waals surface area contributed by atoms with Crippen molar-refractivity contribution in [2.45, 2.75) is 32.1 Å². The zero-order chi connectivity index (χ0) is 12.6. The fourth-order valence-electron chi connectivity index (χ4n) is 2.94. The summed E-state index contributed by atoms with van der Waals surface area (Å²) in [7, 11) is 0. The molecule has 96 valence electrons. The summed E-state index contributed by atoms with van der Waals surface area (Å²) in [5.74, 6) is 1.16. The summed E-state index contributed by atoms with van der Waals surface area (Å²) in [6.45, 7) is 1.26. The molecule has 1 fully saturated rings. The Morgan fingerprint density at radius 2 is 2.17 bits per heavy atom. The van der Waals surface area contributed by atoms with Gasteiger partial charge in [0.15, 0.2) is 5.78 Å². The van der Waals surface area contributed by atoms with Crippen molar-refractivity contribution in [3.8, 4) is 5.75 Å². The molecule has 0 saturated heterocycles. The van der Waals surface area contributed by atoms with Crippen LogP contribution in [0.1, 0.15) is 41.6 Å². The van der Waals surface area contributed by atoms with E-state index in [9.17, 15) is 4.79 Å². The summed E-state index contributed by atoms with van der Waals surface area (Å²) in [6, 6.07) is 5.83. The Hall–Kier alpha value is -1.35. The van der Waals surface area contributed by atoms with Gasteiger partial charge in [0.25, 0.3) is 0 Å². The first kappa shape index (κ1) is 11.7. The van der Waals surface area contributed by atoms with Gasteiger partial charge in [0.2, 0.25) is 0 Å². The molecule has 1 aromatic carbocycles. The molecule has 1 aliphatic heterocycles. The van der Waals surface area contributed by atoms with Crippen molar-refractivity contribution in [1.82, 2.24) is 0 Å². The van der Waals surface area contributed by atoms with E-state index in [0.717, 1.165) is 50.0 Å². The largest absolute Gasteiger partial charge is 0.493 e. The topological polar surface area (TPSA) is 52.3 Å². The number of hydrogen-bond donors (Lipinski definition) is 1. The molecule has 0 radical (unpaired) electrons. The van der Waals surface area contributed by atoms with Crippen molar-refractivity contribution in [3.63, 3.8) is 0 Å². The molecule has 0 bridgehead atoms. The van der Waals surface area contributed by atoms with Gasteiger partial charge < -0.3 is 10.5 Å². The lowest BCUT2D eigenvalue weighted by Gasteiger charge is -2.39. The van der Waals surface area contributed by atoms with E-state index in [4.69, 9.17) is 10.5 Å². The molecule has 3 heteroatoms. The van der Waals surface area contributed by atoms with Crippen LogP contribution < -0.4 is 10.5 Å². The minimum absolute atomic E-state index is 0.227. The highest BCUT2D eigenvalue weighted by molar-refractivity contribution is 6.01. The first-order chi connectivity index (χ1) is 8.75. The van der Waals surface area contributed by atoms with Crippen molar-refractivity contribution in [2.75, 3.05) is 13.2 Å². The molecule has 0 amide bonds. The molecular formula is C15H19NO2. The number of aryl methyl sites for hydroxylation is 1. The summed E-state index contributed by atoms with van der Waals surface area (Å²) in [5.41, 5.74) is 7.50. The van der Waals surface area contributed by atoms with Crippen LogP contribution in [0.25, 0.3) is 0 Å². The Morgan fingerprint density at radius 1 is 1.33 bits per heavy atom. The number of hydrogen-bond acceptors (Lipinski definition) is 3. The number of nitrogens with two attached hydrogens (primary N) is 1. The second-order valence-electron chi connectivity index (χ2n) is 5.44. The first-order valence-electron chi connectivity index (χ1n) is 6.76. The third-order valence-corrected chi connectivity index (χ3v) is 4.35. The molecule has 2 aliphatic rings. The van der Waals surface area contributed by atoms with Crippen LogP contribution in [-0.4, -0.2) is 18.9 Å². The van der Waals surface area contributed by atoms with E-state index in [1.54, 1.807) is 0 Å². The SMILES string of the molecule is NCC1(C(=O)c2ccc3c(c2)CCCO3)CCC1. The molecule has 0 unspecified atom stereocenters. The van der Waals surface area contributed by atoms with Crippen LogP contribution in [0.3, 0.4) is 0 Å². The predicted octanol–water partition coefficient (Wildman–Crippen LogP) is 2.32. The Morgan fingerprint density at radius 3 is 2.83 bits per heavy atom. The maximum atomic E-state index is 12.5. The predicted molar refractivity (Wildman–Crippen MR) is 69.9 cm³/mol. The van der Waals surface area contributed by atoms with E-state index < -0.39 is 0 Å². The van der Waals surface area contributed by atoms with E-state index in [2.05, 4.69) is 0 Å². The van der Waals surface area contributed by atoms with Crippen molar-refractivity contribution in [1.29, 1.82) is 0 Å². The second kappa shape index (κ2) is 4.39. The van der Waals surface area contributed by atoms with Gasteiger partial charge in [0.1, 0.15) is 5.75 Å². The summed E-state index contributed by atoms with van der Waals surface area (Å²) >= 11 is 0. The number of carbonyl (C=O) groups excluding carboxylic acids is 1. The summed E-state index contributed by atoms with van der Waals surface area (Å²) < 4.78 is 5.57. The molecule has 18 heavy (non-hydrogen) atoms. The minimum atomic E-state index is -0.274. The molecule has 0 spiro atoms. The highest BCUT2D eigenvalue weighted by Crippen LogP contribution is 2.43. The molecule has 0 atom stereocenters. The molecule has 1 saturated carbocycles. The molecule has 1 aliphatic carbocycles. The fourth-order valence-corrected chi connectivity index (χ4v) is 2.94. The van der Waals surface area contributed by atoms with Gasteiger partial charge in [0.05, 0.1) is 6.61 Å². The van der Waals surface area contributed by atoms with Gasteiger partial charge >= 0.3 is 0 Å². The number of ketones is 1. The van der Waals surface area contributed by atoms with Gasteiger partial charge in [-0.1, -0.05) is 6.42 Å². The Labute approximate surface area is 107 Å². The lowest BCUT2D eigenvalue weighted by molar-refractivity contribution is 0.0635. The third-order valence-electron chi connectivity index (χ3n) is 4.35. The quantitative estimate of drug-likeness (QED) is 0.831. The summed E-state index contributed by atoms with van der Waals surface area (Å²) in [6.07, 6.45) is 5.04. The molecule has 2 N–H and O–H groups in total. The average Bonchev–Trinajstić information content (AvgIpc) is 2.37. The highest BCUT2D eigenvalue weighted by atomic mass is 16.5. The summed E-state index contributed by atoms with van der Waals surface area (Å²) in [5, 5.41) is 0. The van der Waals surface area contributed by atoms with Crippen LogP contribution in [0.15, 0.2) is 18.2 Å². The standard InChI is InChI=1S/C15H19NO2/c16-10-15(6-2-7-15)14(17)12-4-5-13-11(9-12)3-1-8-18-13/h4-5,9H,1-3,6-8,10,16H2. The van der Waals surface area contributed by atoms with Gasteiger partial charge in [-0.05, 0) is 49.4 Å². The van der Waals surface area contributed by atoms with Crippen molar-refractivity contribution >= 4 is 5.78 Å². The van der Waals surface area contributed by atoms with Gasteiger partial charge in [-0.2, -0.15) is 0 Å². The maximum absolute atomic E-state index is 12.5. The monoisotopic (exact) mass is 245 g/mol. The van der Waals surface area contributed by atoms with E-state index >= 15 is 0 Å².